The lowest BCUT2D eigenvalue weighted by Crippen LogP contribution is -2.49. The summed E-state index contributed by atoms with van der Waals surface area (Å²) in [6, 6.07) is 2.25. The molecule has 3 rings (SSSR count). The molecule has 1 atom stereocenters. The van der Waals surface area contributed by atoms with E-state index in [0.29, 0.717) is 16.1 Å². The summed E-state index contributed by atoms with van der Waals surface area (Å²) in [5, 5.41) is 4.60. The third kappa shape index (κ3) is 2.72. The zero-order chi connectivity index (χ0) is 13.4. The number of aromatic nitrogens is 2. The summed E-state index contributed by atoms with van der Waals surface area (Å²) < 4.78 is 1.90. The summed E-state index contributed by atoms with van der Waals surface area (Å²) in [6.07, 6.45) is 3.84. The highest BCUT2D eigenvalue weighted by Gasteiger charge is 2.19. The zero-order valence-electron chi connectivity index (χ0n) is 10.7. The van der Waals surface area contributed by atoms with Gasteiger partial charge in [0.15, 0.2) is 5.65 Å². The first-order valence-electron chi connectivity index (χ1n) is 6.41. The van der Waals surface area contributed by atoms with Gasteiger partial charge in [0.05, 0.1) is 15.7 Å². The Kier molecular flexibility index (Phi) is 3.67. The van der Waals surface area contributed by atoms with E-state index in [1.807, 2.05) is 16.8 Å². The maximum absolute atomic E-state index is 6.16. The van der Waals surface area contributed by atoms with Crippen molar-refractivity contribution in [2.24, 2.45) is 0 Å². The molecule has 6 heteroatoms. The third-order valence-electron chi connectivity index (χ3n) is 3.53. The lowest BCUT2D eigenvalue weighted by Gasteiger charge is -2.33. The van der Waals surface area contributed by atoms with Crippen molar-refractivity contribution >= 4 is 28.8 Å². The molecule has 3 heterocycles. The summed E-state index contributed by atoms with van der Waals surface area (Å²) in [5.74, 6) is 0. The van der Waals surface area contributed by atoms with E-state index in [1.165, 1.54) is 0 Å². The molecule has 0 unspecified atom stereocenters. The van der Waals surface area contributed by atoms with Crippen molar-refractivity contribution in [3.63, 3.8) is 0 Å². The van der Waals surface area contributed by atoms with Crippen LogP contribution in [0.5, 0.6) is 0 Å². The van der Waals surface area contributed by atoms with Gasteiger partial charge in [0.1, 0.15) is 0 Å². The van der Waals surface area contributed by atoms with Gasteiger partial charge in [0.2, 0.25) is 0 Å². The van der Waals surface area contributed by atoms with Crippen molar-refractivity contribution in [3.8, 4) is 0 Å². The van der Waals surface area contributed by atoms with Crippen LogP contribution in [0.4, 0.5) is 0 Å². The van der Waals surface area contributed by atoms with Gasteiger partial charge in [-0.3, -0.25) is 4.90 Å². The second-order valence-corrected chi connectivity index (χ2v) is 5.84. The van der Waals surface area contributed by atoms with Gasteiger partial charge >= 0.3 is 0 Å². The molecule has 1 saturated heterocycles. The van der Waals surface area contributed by atoms with Crippen molar-refractivity contribution in [1.82, 2.24) is 19.6 Å². The van der Waals surface area contributed by atoms with E-state index in [1.54, 1.807) is 6.07 Å². The van der Waals surface area contributed by atoms with E-state index in [2.05, 4.69) is 22.1 Å². The highest BCUT2D eigenvalue weighted by Crippen LogP contribution is 2.22. The van der Waals surface area contributed by atoms with E-state index in [9.17, 15) is 0 Å². The number of imidazole rings is 1. The molecular formula is C13H16Cl2N4. The molecule has 0 aromatic carbocycles. The number of halogens is 2. The van der Waals surface area contributed by atoms with E-state index >= 15 is 0 Å². The van der Waals surface area contributed by atoms with Gasteiger partial charge in [-0.2, -0.15) is 0 Å². The molecule has 0 saturated carbocycles. The topological polar surface area (TPSA) is 32.6 Å². The normalized spacial score (nSPS) is 21.1. The first-order valence-corrected chi connectivity index (χ1v) is 7.16. The Hall–Kier alpha value is -0.810. The molecule has 0 aliphatic carbocycles. The van der Waals surface area contributed by atoms with Crippen LogP contribution in [0.1, 0.15) is 12.6 Å². The number of hydrogen-bond acceptors (Lipinski definition) is 3. The minimum atomic E-state index is 0.526. The molecule has 1 aliphatic rings. The van der Waals surface area contributed by atoms with Crippen LogP contribution in [-0.4, -0.2) is 40.0 Å². The Bertz CT molecular complexity index is 596. The molecule has 102 valence electrons. The average Bonchev–Trinajstić information content (AvgIpc) is 2.75. The molecule has 0 bridgehead atoms. The molecule has 1 N–H and O–H groups in total. The van der Waals surface area contributed by atoms with Crippen LogP contribution in [-0.2, 0) is 6.54 Å². The van der Waals surface area contributed by atoms with Gasteiger partial charge in [-0.25, -0.2) is 4.98 Å². The number of hydrogen-bond donors (Lipinski definition) is 1. The van der Waals surface area contributed by atoms with Crippen molar-refractivity contribution in [2.45, 2.75) is 19.5 Å². The smallest absolute Gasteiger partial charge is 0.156 e. The molecule has 4 nitrogen and oxygen atoms in total. The van der Waals surface area contributed by atoms with Crippen LogP contribution in [0, 0.1) is 0 Å². The van der Waals surface area contributed by atoms with Crippen molar-refractivity contribution < 1.29 is 0 Å². The number of piperazine rings is 1. The van der Waals surface area contributed by atoms with E-state index in [4.69, 9.17) is 23.2 Å². The molecule has 1 fully saturated rings. The third-order valence-corrected chi connectivity index (χ3v) is 4.01. The van der Waals surface area contributed by atoms with Gasteiger partial charge < -0.3 is 9.72 Å². The summed E-state index contributed by atoms with van der Waals surface area (Å²) >= 11 is 12.2. The van der Waals surface area contributed by atoms with Crippen molar-refractivity contribution in [1.29, 1.82) is 0 Å². The SMILES string of the molecule is C[C@@H]1CNCCN1Cc1cn2cc(Cl)cc(Cl)c2n1. The van der Waals surface area contributed by atoms with Gasteiger partial charge in [-0.1, -0.05) is 23.2 Å². The van der Waals surface area contributed by atoms with Gasteiger partial charge in [0, 0.05) is 44.6 Å². The quantitative estimate of drug-likeness (QED) is 0.924. The Labute approximate surface area is 122 Å². The predicted molar refractivity (Wildman–Crippen MR) is 78.0 cm³/mol. The highest BCUT2D eigenvalue weighted by atomic mass is 35.5. The molecule has 0 radical (unpaired) electrons. The molecule has 2 aromatic rings. The fraction of sp³-hybridized carbons (Fsp3) is 0.462. The van der Waals surface area contributed by atoms with Crippen molar-refractivity contribution in [3.05, 3.63) is 34.2 Å². The maximum Gasteiger partial charge on any atom is 0.156 e. The molecule has 0 spiro atoms. The standard InChI is InChI=1S/C13H16Cl2N4/c1-9-5-16-2-3-18(9)7-11-8-19-6-10(14)4-12(15)13(19)17-11/h4,6,8-9,16H,2-3,5,7H2,1H3/t9-/m1/s1. The van der Waals surface area contributed by atoms with Gasteiger partial charge in [0.25, 0.3) is 0 Å². The second kappa shape index (κ2) is 5.29. The van der Waals surface area contributed by atoms with Crippen LogP contribution in [0.3, 0.4) is 0 Å². The number of fused-ring (bicyclic) bond motifs is 1. The van der Waals surface area contributed by atoms with Crippen LogP contribution in [0.15, 0.2) is 18.5 Å². The molecule has 19 heavy (non-hydrogen) atoms. The van der Waals surface area contributed by atoms with Crippen LogP contribution in [0.25, 0.3) is 5.65 Å². The Morgan fingerprint density at radius 2 is 2.26 bits per heavy atom. The Morgan fingerprint density at radius 1 is 1.42 bits per heavy atom. The van der Waals surface area contributed by atoms with Crippen LogP contribution in [0.2, 0.25) is 10.0 Å². The largest absolute Gasteiger partial charge is 0.314 e. The monoisotopic (exact) mass is 298 g/mol. The average molecular weight is 299 g/mol. The fourth-order valence-corrected chi connectivity index (χ4v) is 3.00. The highest BCUT2D eigenvalue weighted by molar-refractivity contribution is 6.36. The lowest BCUT2D eigenvalue weighted by molar-refractivity contribution is 0.164. The lowest BCUT2D eigenvalue weighted by atomic mass is 10.2. The number of pyridine rings is 1. The maximum atomic E-state index is 6.16. The fourth-order valence-electron chi connectivity index (χ4n) is 2.48. The zero-order valence-corrected chi connectivity index (χ0v) is 12.2. The molecule has 2 aromatic heterocycles. The predicted octanol–water partition coefficient (Wildman–Crippen LogP) is 2.43. The minimum absolute atomic E-state index is 0.526. The van der Waals surface area contributed by atoms with Crippen molar-refractivity contribution in [2.75, 3.05) is 19.6 Å². The number of nitrogens with one attached hydrogen (secondary N) is 1. The van der Waals surface area contributed by atoms with Gasteiger partial charge in [-0.05, 0) is 13.0 Å². The Morgan fingerprint density at radius 3 is 3.05 bits per heavy atom. The summed E-state index contributed by atoms with van der Waals surface area (Å²) in [5.41, 5.74) is 1.79. The van der Waals surface area contributed by atoms with E-state index in [0.717, 1.165) is 37.5 Å². The van der Waals surface area contributed by atoms with Crippen LogP contribution < -0.4 is 5.32 Å². The first-order chi connectivity index (χ1) is 9.13. The minimum Gasteiger partial charge on any atom is -0.314 e. The molecule has 0 amide bonds. The van der Waals surface area contributed by atoms with Crippen LogP contribution >= 0.6 is 23.2 Å². The van der Waals surface area contributed by atoms with E-state index in [-0.39, 0.29) is 0 Å². The van der Waals surface area contributed by atoms with Gasteiger partial charge in [-0.15, -0.1) is 0 Å². The van der Waals surface area contributed by atoms with E-state index < -0.39 is 0 Å². The number of rotatable bonds is 2. The first kappa shape index (κ1) is 13.2. The Balaban J connectivity index is 1.87. The summed E-state index contributed by atoms with van der Waals surface area (Å²) in [7, 11) is 0. The summed E-state index contributed by atoms with van der Waals surface area (Å²) in [4.78, 5) is 7.02. The second-order valence-electron chi connectivity index (χ2n) is 4.99. The molecule has 1 aliphatic heterocycles. The number of nitrogens with zero attached hydrogens (tertiary/aromatic N) is 3. The molecular weight excluding hydrogens is 283 g/mol. The summed E-state index contributed by atoms with van der Waals surface area (Å²) in [6.45, 7) is 6.18.